The lowest BCUT2D eigenvalue weighted by molar-refractivity contribution is 0.832. The summed E-state index contributed by atoms with van der Waals surface area (Å²) in [5.74, 6) is 0.611. The zero-order valence-electron chi connectivity index (χ0n) is 6.04. The molecule has 0 aromatic carbocycles. The van der Waals surface area contributed by atoms with Crippen LogP contribution in [0.5, 0.6) is 0 Å². The van der Waals surface area contributed by atoms with Gasteiger partial charge in [-0.1, -0.05) is 26.0 Å². The van der Waals surface area contributed by atoms with Crippen molar-refractivity contribution in [3.8, 4) is 0 Å². The normalized spacial score (nSPS) is 11.9. The molecule has 0 fully saturated rings. The molecule has 0 amide bonds. The molecule has 1 nitrogen and oxygen atoms in total. The molecule has 0 aliphatic carbocycles. The molecule has 9 heavy (non-hydrogen) atoms. The largest absolute Gasteiger partial charge is 0.273 e. The van der Waals surface area contributed by atoms with Crippen molar-refractivity contribution < 1.29 is 0 Å². The van der Waals surface area contributed by atoms with E-state index in [-0.39, 0.29) is 0 Å². The van der Waals surface area contributed by atoms with Crippen LogP contribution < -0.4 is 0 Å². The van der Waals surface area contributed by atoms with E-state index in [1.807, 2.05) is 12.2 Å². The van der Waals surface area contributed by atoms with Crippen molar-refractivity contribution in [3.05, 3.63) is 24.4 Å². The Morgan fingerprint density at radius 3 is 2.44 bits per heavy atom. The third-order valence-electron chi connectivity index (χ3n) is 0.799. The van der Waals surface area contributed by atoms with E-state index in [0.29, 0.717) is 5.92 Å². The molecule has 0 bridgehead atoms. The predicted molar refractivity (Wildman–Crippen MR) is 42.7 cm³/mol. The highest BCUT2D eigenvalue weighted by Gasteiger charge is 1.78. The van der Waals surface area contributed by atoms with E-state index in [1.165, 1.54) is 0 Å². The monoisotopic (exact) mass is 123 g/mol. The lowest BCUT2D eigenvalue weighted by Gasteiger charge is -1.88. The van der Waals surface area contributed by atoms with E-state index in [2.05, 4.69) is 31.6 Å². The average Bonchev–Trinajstić information content (AvgIpc) is 1.80. The van der Waals surface area contributed by atoms with Gasteiger partial charge in [-0.15, -0.1) is 0 Å². The van der Waals surface area contributed by atoms with Crippen molar-refractivity contribution in [3.63, 3.8) is 0 Å². The first kappa shape index (κ1) is 8.15. The van der Waals surface area contributed by atoms with Gasteiger partial charge in [-0.05, 0) is 18.7 Å². The maximum Gasteiger partial charge on any atom is 0.0260 e. The van der Waals surface area contributed by atoms with Gasteiger partial charge in [0.2, 0.25) is 0 Å². The molecule has 0 aromatic rings. The van der Waals surface area contributed by atoms with Crippen LogP contribution in [0.15, 0.2) is 29.4 Å². The van der Waals surface area contributed by atoms with Gasteiger partial charge in [0.05, 0.1) is 0 Å². The molecule has 0 rings (SSSR count). The molecule has 0 atom stereocenters. The first-order chi connectivity index (χ1) is 4.27. The molecule has 0 saturated carbocycles. The third-order valence-corrected chi connectivity index (χ3v) is 0.799. The Bertz CT molecular complexity index is 121. The molecule has 50 valence electrons. The minimum atomic E-state index is 0.611. The van der Waals surface area contributed by atoms with Crippen LogP contribution in [0, 0.1) is 5.92 Å². The fourth-order valence-electron chi connectivity index (χ4n) is 0.397. The van der Waals surface area contributed by atoms with Crippen LogP contribution in [0.25, 0.3) is 0 Å². The Labute approximate surface area is 56.8 Å². The van der Waals surface area contributed by atoms with Crippen LogP contribution in [0.2, 0.25) is 0 Å². The standard InChI is InChI=1S/C8H13N/c1-8(2)6-4-5-7-9-3/h4-8H,3H2,1-2H3/b6-4-,7-5-. The van der Waals surface area contributed by atoms with E-state index in [0.717, 1.165) is 0 Å². The van der Waals surface area contributed by atoms with Crippen LogP contribution in [0.1, 0.15) is 13.8 Å². The Balaban J connectivity index is 3.46. The predicted octanol–water partition coefficient (Wildman–Crippen LogP) is 2.41. The molecular formula is C8H13N. The summed E-state index contributed by atoms with van der Waals surface area (Å²) in [7, 11) is 0. The second-order valence-electron chi connectivity index (χ2n) is 2.15. The highest BCUT2D eigenvalue weighted by atomic mass is 14.6. The minimum Gasteiger partial charge on any atom is -0.273 e. The Hall–Kier alpha value is -0.850. The Morgan fingerprint density at radius 2 is 2.00 bits per heavy atom. The SMILES string of the molecule is C=N/C=C\C=C/C(C)C. The summed E-state index contributed by atoms with van der Waals surface area (Å²) in [6, 6.07) is 0. The summed E-state index contributed by atoms with van der Waals surface area (Å²) >= 11 is 0. The summed E-state index contributed by atoms with van der Waals surface area (Å²) in [5.41, 5.74) is 0. The first-order valence-corrected chi connectivity index (χ1v) is 3.06. The first-order valence-electron chi connectivity index (χ1n) is 3.06. The van der Waals surface area contributed by atoms with Crippen molar-refractivity contribution in [2.45, 2.75) is 13.8 Å². The van der Waals surface area contributed by atoms with Crippen LogP contribution in [0.3, 0.4) is 0 Å². The van der Waals surface area contributed by atoms with E-state index < -0.39 is 0 Å². The van der Waals surface area contributed by atoms with Gasteiger partial charge in [0.15, 0.2) is 0 Å². The number of aliphatic imine (C=N–C) groups is 1. The zero-order chi connectivity index (χ0) is 7.11. The molecular weight excluding hydrogens is 110 g/mol. The van der Waals surface area contributed by atoms with Gasteiger partial charge in [-0.2, -0.15) is 0 Å². The van der Waals surface area contributed by atoms with E-state index in [9.17, 15) is 0 Å². The molecule has 0 heterocycles. The molecule has 1 heteroatoms. The Morgan fingerprint density at radius 1 is 1.33 bits per heavy atom. The van der Waals surface area contributed by atoms with Crippen molar-refractivity contribution in [2.75, 3.05) is 0 Å². The Kier molecular flexibility index (Phi) is 4.79. The van der Waals surface area contributed by atoms with Gasteiger partial charge in [0.25, 0.3) is 0 Å². The van der Waals surface area contributed by atoms with Crippen LogP contribution in [-0.4, -0.2) is 6.72 Å². The molecule has 0 aromatic heterocycles. The molecule has 0 saturated heterocycles. The number of nitrogens with zero attached hydrogens (tertiary/aromatic N) is 1. The highest BCUT2D eigenvalue weighted by molar-refractivity contribution is 5.26. The molecule has 0 N–H and O–H groups in total. The number of allylic oxidation sites excluding steroid dienone is 3. The maximum atomic E-state index is 3.55. The molecule has 0 aliphatic rings. The molecule has 0 unspecified atom stereocenters. The van der Waals surface area contributed by atoms with Crippen LogP contribution in [0.4, 0.5) is 0 Å². The van der Waals surface area contributed by atoms with Crippen LogP contribution >= 0.6 is 0 Å². The summed E-state index contributed by atoms with van der Waals surface area (Å²) in [6.45, 7) is 7.57. The number of rotatable bonds is 3. The lowest BCUT2D eigenvalue weighted by atomic mass is 10.2. The minimum absolute atomic E-state index is 0.611. The van der Waals surface area contributed by atoms with Crippen LogP contribution in [-0.2, 0) is 0 Å². The lowest BCUT2D eigenvalue weighted by Crippen LogP contribution is -1.74. The van der Waals surface area contributed by atoms with Gasteiger partial charge >= 0.3 is 0 Å². The van der Waals surface area contributed by atoms with Gasteiger partial charge in [0, 0.05) is 6.20 Å². The van der Waals surface area contributed by atoms with Gasteiger partial charge in [-0.25, -0.2) is 0 Å². The maximum absolute atomic E-state index is 3.55. The number of hydrogen-bond donors (Lipinski definition) is 0. The quantitative estimate of drug-likeness (QED) is 0.403. The second-order valence-corrected chi connectivity index (χ2v) is 2.15. The fourth-order valence-corrected chi connectivity index (χ4v) is 0.397. The third kappa shape index (κ3) is 7.15. The summed E-state index contributed by atoms with van der Waals surface area (Å²) in [5, 5.41) is 0. The number of hydrogen-bond acceptors (Lipinski definition) is 1. The van der Waals surface area contributed by atoms with Crippen molar-refractivity contribution in [1.82, 2.24) is 0 Å². The van der Waals surface area contributed by atoms with Crippen molar-refractivity contribution in [1.29, 1.82) is 0 Å². The molecule has 0 radical (unpaired) electrons. The smallest absolute Gasteiger partial charge is 0.0260 e. The highest BCUT2D eigenvalue weighted by Crippen LogP contribution is 1.92. The summed E-state index contributed by atoms with van der Waals surface area (Å²) in [4.78, 5) is 3.55. The van der Waals surface area contributed by atoms with Crippen molar-refractivity contribution >= 4 is 6.72 Å². The van der Waals surface area contributed by atoms with E-state index in [4.69, 9.17) is 0 Å². The summed E-state index contributed by atoms with van der Waals surface area (Å²) < 4.78 is 0. The zero-order valence-corrected chi connectivity index (χ0v) is 6.04. The van der Waals surface area contributed by atoms with Gasteiger partial charge in [-0.3, -0.25) is 4.99 Å². The second kappa shape index (κ2) is 5.29. The average molecular weight is 123 g/mol. The summed E-state index contributed by atoms with van der Waals surface area (Å²) in [6.07, 6.45) is 7.60. The van der Waals surface area contributed by atoms with E-state index in [1.54, 1.807) is 6.20 Å². The molecule has 0 aliphatic heterocycles. The van der Waals surface area contributed by atoms with Gasteiger partial charge in [0.1, 0.15) is 0 Å². The fraction of sp³-hybridized carbons (Fsp3) is 0.375. The molecule has 0 spiro atoms. The van der Waals surface area contributed by atoms with Gasteiger partial charge < -0.3 is 0 Å². The van der Waals surface area contributed by atoms with Crippen molar-refractivity contribution in [2.24, 2.45) is 10.9 Å². The van der Waals surface area contributed by atoms with E-state index >= 15 is 0 Å². The topological polar surface area (TPSA) is 12.4 Å².